The van der Waals surface area contributed by atoms with Crippen LogP contribution in [0.4, 0.5) is 24.8 Å². The van der Waals surface area contributed by atoms with E-state index in [1.807, 2.05) is 18.9 Å². The second-order valence-electron chi connectivity index (χ2n) is 4.03. The minimum Gasteiger partial charge on any atom is -0.373 e. The van der Waals surface area contributed by atoms with E-state index in [1.165, 1.54) is 13.1 Å². The van der Waals surface area contributed by atoms with Crippen LogP contribution in [0.1, 0.15) is 12.7 Å². The molecule has 1 heterocycles. The Morgan fingerprint density at radius 1 is 1.26 bits per heavy atom. The smallest absolute Gasteiger partial charge is 0.373 e. The highest BCUT2D eigenvalue weighted by molar-refractivity contribution is 5.47. The van der Waals surface area contributed by atoms with E-state index >= 15 is 0 Å². The number of nitrogens with zero attached hydrogens (tertiary/aromatic N) is 3. The number of nitrogens with one attached hydrogen (secondary N) is 2. The first-order chi connectivity index (χ1) is 8.86. The molecule has 0 saturated carbocycles. The van der Waals surface area contributed by atoms with Crippen molar-refractivity contribution < 1.29 is 13.2 Å². The van der Waals surface area contributed by atoms with Crippen molar-refractivity contribution in [2.75, 3.05) is 44.4 Å². The van der Waals surface area contributed by atoms with Crippen molar-refractivity contribution in [2.24, 2.45) is 0 Å². The van der Waals surface area contributed by atoms with Gasteiger partial charge in [-0.15, -0.1) is 0 Å². The lowest BCUT2D eigenvalue weighted by atomic mass is 10.4. The molecule has 0 aliphatic carbocycles. The molecule has 0 aromatic carbocycles. The van der Waals surface area contributed by atoms with E-state index in [0.29, 0.717) is 6.54 Å². The molecule has 0 fully saturated rings. The van der Waals surface area contributed by atoms with Gasteiger partial charge in [0.2, 0.25) is 5.82 Å². The van der Waals surface area contributed by atoms with Gasteiger partial charge in [-0.3, -0.25) is 0 Å². The van der Waals surface area contributed by atoms with Gasteiger partial charge in [0.15, 0.2) is 0 Å². The van der Waals surface area contributed by atoms with Crippen molar-refractivity contribution in [3.63, 3.8) is 0 Å². The summed E-state index contributed by atoms with van der Waals surface area (Å²) in [5.41, 5.74) is 0. The van der Waals surface area contributed by atoms with Crippen LogP contribution < -0.4 is 10.6 Å². The zero-order valence-electron chi connectivity index (χ0n) is 11.2. The molecular formula is C11H18F3N5. The van der Waals surface area contributed by atoms with Gasteiger partial charge in [-0.2, -0.15) is 13.2 Å². The maximum atomic E-state index is 12.6. The van der Waals surface area contributed by atoms with E-state index in [2.05, 4.69) is 20.6 Å². The van der Waals surface area contributed by atoms with E-state index in [1.54, 1.807) is 0 Å². The van der Waals surface area contributed by atoms with Crippen LogP contribution in [0.5, 0.6) is 0 Å². The minimum atomic E-state index is -4.55. The van der Waals surface area contributed by atoms with Gasteiger partial charge in [-0.05, 0) is 13.6 Å². The number of likely N-dealkylation sites (N-methyl/N-ethyl adjacent to an activating group) is 1. The fourth-order valence-corrected chi connectivity index (χ4v) is 1.33. The quantitative estimate of drug-likeness (QED) is 0.832. The average molecular weight is 277 g/mol. The highest BCUT2D eigenvalue weighted by Gasteiger charge is 2.35. The molecule has 1 aromatic rings. The van der Waals surface area contributed by atoms with Crippen LogP contribution in [-0.4, -0.2) is 48.6 Å². The summed E-state index contributed by atoms with van der Waals surface area (Å²) >= 11 is 0. The van der Waals surface area contributed by atoms with Crippen molar-refractivity contribution in [1.29, 1.82) is 0 Å². The van der Waals surface area contributed by atoms with Gasteiger partial charge in [0.25, 0.3) is 0 Å². The lowest BCUT2D eigenvalue weighted by molar-refractivity contribution is -0.144. The second-order valence-corrected chi connectivity index (χ2v) is 4.03. The van der Waals surface area contributed by atoms with Crippen LogP contribution in [-0.2, 0) is 6.18 Å². The SMILES string of the molecule is CCN(C)CCNc1cc(NC)nc(C(F)(F)F)n1. The summed E-state index contributed by atoms with van der Waals surface area (Å²) in [6, 6.07) is 1.45. The summed E-state index contributed by atoms with van der Waals surface area (Å²) in [4.78, 5) is 8.89. The zero-order valence-corrected chi connectivity index (χ0v) is 11.2. The summed E-state index contributed by atoms with van der Waals surface area (Å²) in [6.07, 6.45) is -4.55. The maximum absolute atomic E-state index is 12.6. The molecule has 108 valence electrons. The third-order valence-corrected chi connectivity index (χ3v) is 2.58. The first kappa shape index (κ1) is 15.5. The Balaban J connectivity index is 2.77. The van der Waals surface area contributed by atoms with Gasteiger partial charge in [0.1, 0.15) is 11.6 Å². The van der Waals surface area contributed by atoms with Crippen LogP contribution in [0.15, 0.2) is 6.07 Å². The molecule has 5 nitrogen and oxygen atoms in total. The van der Waals surface area contributed by atoms with Gasteiger partial charge in [-0.25, -0.2) is 9.97 Å². The number of hydrogen-bond donors (Lipinski definition) is 2. The highest BCUT2D eigenvalue weighted by atomic mass is 19.4. The normalized spacial score (nSPS) is 11.7. The molecule has 0 saturated heterocycles. The predicted molar refractivity (Wildman–Crippen MR) is 68.2 cm³/mol. The monoisotopic (exact) mass is 277 g/mol. The first-order valence-corrected chi connectivity index (χ1v) is 5.93. The first-order valence-electron chi connectivity index (χ1n) is 5.93. The number of aromatic nitrogens is 2. The molecule has 0 unspecified atom stereocenters. The molecule has 2 N–H and O–H groups in total. The molecular weight excluding hydrogens is 259 g/mol. The molecule has 19 heavy (non-hydrogen) atoms. The van der Waals surface area contributed by atoms with Gasteiger partial charge in [0.05, 0.1) is 0 Å². The number of hydrogen-bond acceptors (Lipinski definition) is 5. The lowest BCUT2D eigenvalue weighted by Crippen LogP contribution is -2.25. The molecule has 1 rings (SSSR count). The number of rotatable bonds is 6. The number of alkyl halides is 3. The number of halogens is 3. The molecule has 0 bridgehead atoms. The molecule has 0 aliphatic rings. The molecule has 0 atom stereocenters. The average Bonchev–Trinajstić information content (AvgIpc) is 2.37. The van der Waals surface area contributed by atoms with E-state index in [-0.39, 0.29) is 11.6 Å². The topological polar surface area (TPSA) is 53.1 Å². The molecule has 0 amide bonds. The Bertz CT molecular complexity index is 408. The largest absolute Gasteiger partial charge is 0.451 e. The van der Waals surface area contributed by atoms with Crippen molar-refractivity contribution in [3.05, 3.63) is 11.9 Å². The Labute approximate surface area is 110 Å². The van der Waals surface area contributed by atoms with Gasteiger partial charge >= 0.3 is 6.18 Å². The highest BCUT2D eigenvalue weighted by Crippen LogP contribution is 2.28. The van der Waals surface area contributed by atoms with Gasteiger partial charge in [-0.1, -0.05) is 6.92 Å². The Hall–Kier alpha value is -1.57. The minimum absolute atomic E-state index is 0.133. The Morgan fingerprint density at radius 3 is 2.42 bits per heavy atom. The third kappa shape index (κ3) is 4.90. The molecule has 8 heteroatoms. The van der Waals surface area contributed by atoms with Crippen LogP contribution in [0.25, 0.3) is 0 Å². The summed E-state index contributed by atoms with van der Waals surface area (Å²) in [6.45, 7) is 4.12. The Morgan fingerprint density at radius 2 is 1.89 bits per heavy atom. The standard InChI is InChI=1S/C11H18F3N5/c1-4-19(3)6-5-16-9-7-8(15-2)17-10(18-9)11(12,13)14/h7H,4-6H2,1-3H3,(H2,15,16,17,18). The van der Waals surface area contributed by atoms with Gasteiger partial charge in [0, 0.05) is 26.2 Å². The molecule has 0 radical (unpaired) electrons. The van der Waals surface area contributed by atoms with Crippen LogP contribution in [0.2, 0.25) is 0 Å². The maximum Gasteiger partial charge on any atom is 0.451 e. The van der Waals surface area contributed by atoms with Crippen LogP contribution in [0.3, 0.4) is 0 Å². The Kier molecular flexibility index (Phi) is 5.34. The lowest BCUT2D eigenvalue weighted by Gasteiger charge is -2.15. The molecule has 0 aliphatic heterocycles. The van der Waals surface area contributed by atoms with Gasteiger partial charge < -0.3 is 15.5 Å². The van der Waals surface area contributed by atoms with E-state index < -0.39 is 12.0 Å². The van der Waals surface area contributed by atoms with Crippen molar-refractivity contribution in [3.8, 4) is 0 Å². The summed E-state index contributed by atoms with van der Waals surface area (Å²) in [5.74, 6) is -0.851. The third-order valence-electron chi connectivity index (χ3n) is 2.58. The predicted octanol–water partition coefficient (Wildman–Crippen LogP) is 1.90. The van der Waals surface area contributed by atoms with Crippen LogP contribution >= 0.6 is 0 Å². The molecule has 0 spiro atoms. The zero-order chi connectivity index (χ0) is 14.5. The fraction of sp³-hybridized carbons (Fsp3) is 0.636. The van der Waals surface area contributed by atoms with E-state index in [9.17, 15) is 13.2 Å². The van der Waals surface area contributed by atoms with Crippen molar-refractivity contribution in [1.82, 2.24) is 14.9 Å². The van der Waals surface area contributed by atoms with Crippen molar-refractivity contribution in [2.45, 2.75) is 13.1 Å². The summed E-state index contributed by atoms with van der Waals surface area (Å²) in [7, 11) is 3.44. The van der Waals surface area contributed by atoms with Crippen molar-refractivity contribution >= 4 is 11.6 Å². The van der Waals surface area contributed by atoms with E-state index in [0.717, 1.165) is 13.1 Å². The summed E-state index contributed by atoms with van der Waals surface area (Å²) in [5, 5.41) is 5.45. The van der Waals surface area contributed by atoms with E-state index in [4.69, 9.17) is 0 Å². The number of anilines is 2. The molecule has 1 aromatic heterocycles. The fourth-order valence-electron chi connectivity index (χ4n) is 1.33. The second kappa shape index (κ2) is 6.55. The summed E-state index contributed by atoms with van der Waals surface area (Å²) < 4.78 is 37.8. The van der Waals surface area contributed by atoms with Crippen LogP contribution in [0, 0.1) is 0 Å².